The molecule has 0 aliphatic carbocycles. The number of benzene rings is 1. The van der Waals surface area contributed by atoms with Crippen molar-refractivity contribution in [2.45, 2.75) is 40.2 Å². The van der Waals surface area contributed by atoms with E-state index >= 15 is 0 Å². The van der Waals surface area contributed by atoms with Gasteiger partial charge in [-0.05, 0) is 48.9 Å². The number of aliphatic hydroxyl groups excluding tert-OH is 1. The van der Waals surface area contributed by atoms with Gasteiger partial charge in [0.1, 0.15) is 6.10 Å². The third kappa shape index (κ3) is 3.46. The van der Waals surface area contributed by atoms with Crippen molar-refractivity contribution in [3.63, 3.8) is 0 Å². The number of thiophene rings is 1. The molecule has 1 N–H and O–H groups in total. The maximum atomic E-state index is 10.4. The standard InChI is InChI=1S/C17H22OS/c1-11(2)9-14-5-7-15(8-6-14)17(18)16-10-12(3)13(4)19-16/h5-8,10-11,17-18H,9H2,1-4H3. The van der Waals surface area contributed by atoms with E-state index < -0.39 is 6.10 Å². The van der Waals surface area contributed by atoms with Crippen molar-refractivity contribution in [2.75, 3.05) is 0 Å². The lowest BCUT2D eigenvalue weighted by atomic mass is 10.00. The molecule has 0 aliphatic heterocycles. The summed E-state index contributed by atoms with van der Waals surface area (Å²) in [5.74, 6) is 0.665. The minimum atomic E-state index is -0.495. The van der Waals surface area contributed by atoms with Crippen LogP contribution in [0.2, 0.25) is 0 Å². The Labute approximate surface area is 119 Å². The van der Waals surface area contributed by atoms with Crippen molar-refractivity contribution in [1.29, 1.82) is 0 Å². The van der Waals surface area contributed by atoms with Crippen molar-refractivity contribution >= 4 is 11.3 Å². The highest BCUT2D eigenvalue weighted by Crippen LogP contribution is 2.30. The third-order valence-electron chi connectivity index (χ3n) is 3.39. The quantitative estimate of drug-likeness (QED) is 0.860. The van der Waals surface area contributed by atoms with Gasteiger partial charge in [0.15, 0.2) is 0 Å². The van der Waals surface area contributed by atoms with E-state index in [-0.39, 0.29) is 0 Å². The average molecular weight is 274 g/mol. The second kappa shape index (κ2) is 5.89. The summed E-state index contributed by atoms with van der Waals surface area (Å²) < 4.78 is 0. The van der Waals surface area contributed by atoms with Crippen LogP contribution in [0.3, 0.4) is 0 Å². The van der Waals surface area contributed by atoms with Crippen LogP contribution in [0.25, 0.3) is 0 Å². The lowest BCUT2D eigenvalue weighted by molar-refractivity contribution is 0.224. The highest BCUT2D eigenvalue weighted by atomic mass is 32.1. The summed E-state index contributed by atoms with van der Waals surface area (Å²) in [5, 5.41) is 10.4. The van der Waals surface area contributed by atoms with Crippen molar-refractivity contribution in [3.8, 4) is 0 Å². The summed E-state index contributed by atoms with van der Waals surface area (Å²) in [6.45, 7) is 8.63. The van der Waals surface area contributed by atoms with Gasteiger partial charge in [0.05, 0.1) is 0 Å². The molecule has 1 aromatic heterocycles. The Hall–Kier alpha value is -1.12. The molecule has 0 aliphatic rings. The smallest absolute Gasteiger partial charge is 0.113 e. The molecule has 2 rings (SSSR count). The molecule has 0 saturated heterocycles. The Kier molecular flexibility index (Phi) is 4.43. The van der Waals surface area contributed by atoms with Crippen LogP contribution in [0, 0.1) is 19.8 Å². The first-order chi connectivity index (χ1) is 8.97. The van der Waals surface area contributed by atoms with Crippen molar-refractivity contribution in [1.82, 2.24) is 0 Å². The Balaban J connectivity index is 2.17. The maximum Gasteiger partial charge on any atom is 0.113 e. The summed E-state index contributed by atoms with van der Waals surface area (Å²) in [5.41, 5.74) is 3.58. The van der Waals surface area contributed by atoms with Crippen LogP contribution in [0.4, 0.5) is 0 Å². The monoisotopic (exact) mass is 274 g/mol. The second-order valence-electron chi connectivity index (χ2n) is 5.63. The van der Waals surface area contributed by atoms with E-state index in [1.165, 1.54) is 16.0 Å². The summed E-state index contributed by atoms with van der Waals surface area (Å²) in [6, 6.07) is 10.4. The van der Waals surface area contributed by atoms with Gasteiger partial charge in [0.25, 0.3) is 0 Å². The van der Waals surface area contributed by atoms with E-state index in [0.717, 1.165) is 16.9 Å². The number of aryl methyl sites for hydroxylation is 2. The molecular weight excluding hydrogens is 252 g/mol. The van der Waals surface area contributed by atoms with Crippen LogP contribution >= 0.6 is 11.3 Å². The summed E-state index contributed by atoms with van der Waals surface area (Å²) in [6.07, 6.45) is 0.596. The van der Waals surface area contributed by atoms with E-state index in [1.54, 1.807) is 11.3 Å². The molecule has 1 heterocycles. The molecule has 0 saturated carbocycles. The minimum Gasteiger partial charge on any atom is -0.383 e. The van der Waals surface area contributed by atoms with E-state index in [1.807, 2.05) is 12.1 Å². The van der Waals surface area contributed by atoms with Gasteiger partial charge in [-0.15, -0.1) is 11.3 Å². The molecule has 1 nitrogen and oxygen atoms in total. The average Bonchev–Trinajstić information content (AvgIpc) is 2.69. The summed E-state index contributed by atoms with van der Waals surface area (Å²) >= 11 is 1.68. The summed E-state index contributed by atoms with van der Waals surface area (Å²) in [7, 11) is 0. The summed E-state index contributed by atoms with van der Waals surface area (Å²) in [4.78, 5) is 2.32. The van der Waals surface area contributed by atoms with Crippen molar-refractivity contribution in [3.05, 3.63) is 56.8 Å². The number of hydrogen-bond acceptors (Lipinski definition) is 2. The molecule has 102 valence electrons. The van der Waals surface area contributed by atoms with Crippen LogP contribution in [0.5, 0.6) is 0 Å². The fourth-order valence-corrected chi connectivity index (χ4v) is 3.27. The first-order valence-corrected chi connectivity index (χ1v) is 7.63. The molecule has 1 atom stereocenters. The topological polar surface area (TPSA) is 20.2 Å². The molecule has 1 unspecified atom stereocenters. The van der Waals surface area contributed by atoms with E-state index in [4.69, 9.17) is 0 Å². The van der Waals surface area contributed by atoms with Crippen LogP contribution in [0.1, 0.15) is 46.4 Å². The van der Waals surface area contributed by atoms with Gasteiger partial charge >= 0.3 is 0 Å². The molecule has 0 amide bonds. The third-order valence-corrected chi connectivity index (χ3v) is 4.60. The predicted octanol–water partition coefficient (Wildman–Crippen LogP) is 4.65. The van der Waals surface area contributed by atoms with Gasteiger partial charge in [-0.1, -0.05) is 38.1 Å². The van der Waals surface area contributed by atoms with Gasteiger partial charge < -0.3 is 5.11 Å². The number of rotatable bonds is 4. The Bertz CT molecular complexity index is 517. The highest BCUT2D eigenvalue weighted by molar-refractivity contribution is 7.12. The maximum absolute atomic E-state index is 10.4. The zero-order valence-electron chi connectivity index (χ0n) is 12.1. The van der Waals surface area contributed by atoms with Gasteiger partial charge in [-0.2, -0.15) is 0 Å². The highest BCUT2D eigenvalue weighted by Gasteiger charge is 2.14. The Morgan fingerprint density at radius 3 is 2.21 bits per heavy atom. The molecule has 1 aromatic carbocycles. The molecule has 2 aromatic rings. The molecule has 2 heteroatoms. The van der Waals surface area contributed by atoms with Gasteiger partial charge in [-0.25, -0.2) is 0 Å². The fourth-order valence-electron chi connectivity index (χ4n) is 2.21. The molecule has 0 spiro atoms. The minimum absolute atomic E-state index is 0.495. The normalized spacial score (nSPS) is 12.9. The largest absolute Gasteiger partial charge is 0.383 e. The van der Waals surface area contributed by atoms with Gasteiger partial charge in [-0.3, -0.25) is 0 Å². The SMILES string of the molecule is Cc1cc(C(O)c2ccc(CC(C)C)cc2)sc1C. The lowest BCUT2D eigenvalue weighted by Gasteiger charge is -2.11. The molecule has 0 bridgehead atoms. The molecule has 0 radical (unpaired) electrons. The van der Waals surface area contributed by atoms with Crippen molar-refractivity contribution < 1.29 is 5.11 Å². The first-order valence-electron chi connectivity index (χ1n) is 6.81. The van der Waals surface area contributed by atoms with E-state index in [2.05, 4.69) is 45.9 Å². The first kappa shape index (κ1) is 14.3. The predicted molar refractivity (Wildman–Crippen MR) is 82.8 cm³/mol. The van der Waals surface area contributed by atoms with Crippen LogP contribution in [-0.4, -0.2) is 5.11 Å². The number of hydrogen-bond donors (Lipinski definition) is 1. The van der Waals surface area contributed by atoms with E-state index in [0.29, 0.717) is 5.92 Å². The number of aliphatic hydroxyl groups is 1. The molecule has 19 heavy (non-hydrogen) atoms. The lowest BCUT2D eigenvalue weighted by Crippen LogP contribution is -1.99. The Morgan fingerprint density at radius 2 is 1.74 bits per heavy atom. The zero-order chi connectivity index (χ0) is 14.0. The second-order valence-corrected chi connectivity index (χ2v) is 6.92. The van der Waals surface area contributed by atoms with Gasteiger partial charge in [0.2, 0.25) is 0 Å². The van der Waals surface area contributed by atoms with Crippen LogP contribution in [0.15, 0.2) is 30.3 Å². The Morgan fingerprint density at radius 1 is 1.11 bits per heavy atom. The van der Waals surface area contributed by atoms with Gasteiger partial charge in [0, 0.05) is 9.75 Å². The van der Waals surface area contributed by atoms with Crippen LogP contribution in [-0.2, 0) is 6.42 Å². The van der Waals surface area contributed by atoms with Crippen molar-refractivity contribution in [2.24, 2.45) is 5.92 Å². The zero-order valence-corrected chi connectivity index (χ0v) is 12.9. The fraction of sp³-hybridized carbons (Fsp3) is 0.412. The molecule has 0 fully saturated rings. The van der Waals surface area contributed by atoms with Crippen LogP contribution < -0.4 is 0 Å². The van der Waals surface area contributed by atoms with E-state index in [9.17, 15) is 5.11 Å². The molecular formula is C17H22OS.